The monoisotopic (exact) mass is 422 g/mol. The van der Waals surface area contributed by atoms with Gasteiger partial charge in [-0.05, 0) is 50.1 Å². The maximum absolute atomic E-state index is 12.3. The summed E-state index contributed by atoms with van der Waals surface area (Å²) in [6.07, 6.45) is 1.78. The van der Waals surface area contributed by atoms with E-state index in [0.717, 1.165) is 22.6 Å². The van der Waals surface area contributed by atoms with Crippen LogP contribution in [0.1, 0.15) is 22.5 Å². The number of hydrogen-bond acceptors (Lipinski definition) is 5. The number of ether oxygens (including phenoxy) is 1. The van der Waals surface area contributed by atoms with Gasteiger partial charge in [-0.15, -0.1) is 16.8 Å². The summed E-state index contributed by atoms with van der Waals surface area (Å²) in [6, 6.07) is 13.7. The second-order valence-electron chi connectivity index (χ2n) is 6.99. The molecule has 0 atom stereocenters. The van der Waals surface area contributed by atoms with Crippen LogP contribution in [0.3, 0.4) is 0 Å². The van der Waals surface area contributed by atoms with Crippen LogP contribution in [0.2, 0.25) is 0 Å². The number of carbonyl (C=O) groups is 1. The topological polar surface area (TPSA) is 69.0 Å². The van der Waals surface area contributed by atoms with Gasteiger partial charge in [0.1, 0.15) is 12.4 Å². The molecule has 2 aromatic carbocycles. The summed E-state index contributed by atoms with van der Waals surface area (Å²) in [5.74, 6) is 1.67. The van der Waals surface area contributed by atoms with E-state index in [1.165, 1.54) is 17.3 Å². The van der Waals surface area contributed by atoms with E-state index in [4.69, 9.17) is 4.74 Å². The van der Waals surface area contributed by atoms with Crippen molar-refractivity contribution in [3.05, 3.63) is 77.6 Å². The Bertz CT molecular complexity index is 1030. The molecule has 1 N–H and O–H groups in total. The Hall–Kier alpha value is -3.06. The van der Waals surface area contributed by atoms with Gasteiger partial charge < -0.3 is 10.1 Å². The Balaban J connectivity index is 1.63. The molecular weight excluding hydrogens is 396 g/mol. The van der Waals surface area contributed by atoms with Crippen molar-refractivity contribution in [3.8, 4) is 5.75 Å². The average Bonchev–Trinajstić information content (AvgIpc) is 3.11. The molecule has 0 unspecified atom stereocenters. The van der Waals surface area contributed by atoms with Gasteiger partial charge in [-0.25, -0.2) is 0 Å². The third-order valence-corrected chi connectivity index (χ3v) is 5.65. The van der Waals surface area contributed by atoms with Crippen LogP contribution in [0.5, 0.6) is 5.75 Å². The van der Waals surface area contributed by atoms with Crippen molar-refractivity contribution in [2.45, 2.75) is 39.1 Å². The first-order chi connectivity index (χ1) is 14.5. The molecule has 0 bridgehead atoms. The number of rotatable bonds is 9. The summed E-state index contributed by atoms with van der Waals surface area (Å²) in [5, 5.41) is 12.1. The first-order valence-electron chi connectivity index (χ1n) is 9.69. The van der Waals surface area contributed by atoms with Crippen molar-refractivity contribution in [1.82, 2.24) is 14.8 Å². The Morgan fingerprint density at radius 2 is 1.93 bits per heavy atom. The number of thioether (sulfide) groups is 1. The van der Waals surface area contributed by atoms with Crippen LogP contribution in [-0.4, -0.2) is 26.4 Å². The maximum atomic E-state index is 12.3. The molecule has 0 saturated heterocycles. The van der Waals surface area contributed by atoms with E-state index in [0.29, 0.717) is 24.1 Å². The van der Waals surface area contributed by atoms with Gasteiger partial charge in [0.15, 0.2) is 11.0 Å². The van der Waals surface area contributed by atoms with Crippen LogP contribution in [0.15, 0.2) is 60.3 Å². The lowest BCUT2D eigenvalue weighted by molar-refractivity contribution is -0.113. The number of amides is 1. The van der Waals surface area contributed by atoms with Gasteiger partial charge in [0.25, 0.3) is 0 Å². The number of carbonyl (C=O) groups excluding carboxylic acids is 1. The number of allylic oxidation sites excluding steroid dienone is 1. The fraction of sp³-hybridized carbons (Fsp3) is 0.261. The molecule has 0 saturated carbocycles. The molecule has 7 heteroatoms. The molecule has 156 valence electrons. The lowest BCUT2D eigenvalue weighted by atomic mass is 10.1. The Labute approximate surface area is 181 Å². The van der Waals surface area contributed by atoms with Crippen LogP contribution in [0.25, 0.3) is 0 Å². The molecule has 1 heterocycles. The van der Waals surface area contributed by atoms with Crippen molar-refractivity contribution in [2.24, 2.45) is 0 Å². The fourth-order valence-electron chi connectivity index (χ4n) is 2.83. The van der Waals surface area contributed by atoms with Crippen LogP contribution in [0, 0.1) is 20.8 Å². The smallest absolute Gasteiger partial charge is 0.234 e. The highest BCUT2D eigenvalue weighted by Gasteiger charge is 2.15. The van der Waals surface area contributed by atoms with Gasteiger partial charge >= 0.3 is 0 Å². The minimum absolute atomic E-state index is 0.0924. The van der Waals surface area contributed by atoms with Gasteiger partial charge in [-0.2, -0.15) is 0 Å². The normalized spacial score (nSPS) is 10.6. The lowest BCUT2D eigenvalue weighted by Gasteiger charge is -2.12. The van der Waals surface area contributed by atoms with E-state index in [9.17, 15) is 4.79 Å². The zero-order chi connectivity index (χ0) is 21.5. The number of aryl methyl sites for hydroxylation is 2. The first-order valence-corrected chi connectivity index (χ1v) is 10.7. The summed E-state index contributed by atoms with van der Waals surface area (Å²) < 4.78 is 7.89. The highest BCUT2D eigenvalue weighted by molar-refractivity contribution is 7.99. The van der Waals surface area contributed by atoms with Gasteiger partial charge in [-0.3, -0.25) is 9.36 Å². The zero-order valence-electron chi connectivity index (χ0n) is 17.5. The average molecular weight is 423 g/mol. The summed E-state index contributed by atoms with van der Waals surface area (Å²) in [4.78, 5) is 12.3. The number of nitrogens with one attached hydrogen (secondary N) is 1. The van der Waals surface area contributed by atoms with Crippen LogP contribution in [-0.2, 0) is 17.9 Å². The molecule has 3 aromatic rings. The molecular formula is C23H26N4O2S. The molecule has 30 heavy (non-hydrogen) atoms. The highest BCUT2D eigenvalue weighted by Crippen LogP contribution is 2.23. The zero-order valence-corrected chi connectivity index (χ0v) is 18.3. The minimum Gasteiger partial charge on any atom is -0.485 e. The molecule has 3 rings (SSSR count). The summed E-state index contributed by atoms with van der Waals surface area (Å²) >= 11 is 1.34. The second-order valence-corrected chi connectivity index (χ2v) is 7.93. The third kappa shape index (κ3) is 5.51. The predicted octanol–water partition coefficient (Wildman–Crippen LogP) is 4.70. The summed E-state index contributed by atoms with van der Waals surface area (Å²) in [5.41, 5.74) is 4.21. The minimum atomic E-state index is -0.0924. The van der Waals surface area contributed by atoms with E-state index in [1.807, 2.05) is 54.8 Å². The standard InChI is InChI=1S/C23H26N4O2S/c1-5-13-27-21(14-29-20-8-6-7-17(3)18(20)4)25-26-23(27)30-15-22(28)24-19-11-9-16(2)10-12-19/h5-12H,1,13-15H2,2-4H3,(H,24,28). The van der Waals surface area contributed by atoms with E-state index in [2.05, 4.69) is 35.1 Å². The molecule has 6 nitrogen and oxygen atoms in total. The molecule has 0 radical (unpaired) electrons. The molecule has 0 aliphatic carbocycles. The second kappa shape index (κ2) is 10.1. The number of anilines is 1. The largest absolute Gasteiger partial charge is 0.485 e. The van der Waals surface area contributed by atoms with Crippen molar-refractivity contribution in [3.63, 3.8) is 0 Å². The van der Waals surface area contributed by atoms with Crippen molar-refractivity contribution in [1.29, 1.82) is 0 Å². The Morgan fingerprint density at radius 1 is 1.17 bits per heavy atom. The SMILES string of the molecule is C=CCn1c(COc2cccc(C)c2C)nnc1SCC(=O)Nc1ccc(C)cc1. The van der Waals surface area contributed by atoms with Gasteiger partial charge in [-0.1, -0.05) is 47.7 Å². The quantitative estimate of drug-likeness (QED) is 0.400. The molecule has 1 amide bonds. The van der Waals surface area contributed by atoms with E-state index in [-0.39, 0.29) is 11.7 Å². The Morgan fingerprint density at radius 3 is 2.67 bits per heavy atom. The van der Waals surface area contributed by atoms with Crippen molar-refractivity contribution in [2.75, 3.05) is 11.1 Å². The summed E-state index contributed by atoms with van der Waals surface area (Å²) in [6.45, 7) is 10.7. The maximum Gasteiger partial charge on any atom is 0.234 e. The Kier molecular flexibility index (Phi) is 7.30. The van der Waals surface area contributed by atoms with Crippen LogP contribution < -0.4 is 10.1 Å². The molecule has 0 fully saturated rings. The van der Waals surface area contributed by atoms with Gasteiger partial charge in [0, 0.05) is 12.2 Å². The van der Waals surface area contributed by atoms with E-state index in [1.54, 1.807) is 6.08 Å². The van der Waals surface area contributed by atoms with Gasteiger partial charge in [0.2, 0.25) is 5.91 Å². The van der Waals surface area contributed by atoms with Crippen LogP contribution >= 0.6 is 11.8 Å². The lowest BCUT2D eigenvalue weighted by Crippen LogP contribution is -2.15. The fourth-order valence-corrected chi connectivity index (χ4v) is 3.60. The van der Waals surface area contributed by atoms with Crippen molar-refractivity contribution < 1.29 is 9.53 Å². The van der Waals surface area contributed by atoms with Crippen molar-refractivity contribution >= 4 is 23.4 Å². The van der Waals surface area contributed by atoms with E-state index < -0.39 is 0 Å². The first kappa shape index (κ1) is 21.6. The summed E-state index contributed by atoms with van der Waals surface area (Å²) in [7, 11) is 0. The van der Waals surface area contributed by atoms with Crippen LogP contribution in [0.4, 0.5) is 5.69 Å². The number of aromatic nitrogens is 3. The molecule has 0 spiro atoms. The highest BCUT2D eigenvalue weighted by atomic mass is 32.2. The predicted molar refractivity (Wildman–Crippen MR) is 121 cm³/mol. The molecule has 0 aliphatic rings. The number of hydrogen-bond donors (Lipinski definition) is 1. The van der Waals surface area contributed by atoms with E-state index >= 15 is 0 Å². The third-order valence-electron chi connectivity index (χ3n) is 4.68. The van der Waals surface area contributed by atoms with Gasteiger partial charge in [0.05, 0.1) is 5.75 Å². The number of nitrogens with zero attached hydrogens (tertiary/aromatic N) is 3. The molecule has 0 aliphatic heterocycles. The molecule has 1 aromatic heterocycles. The number of benzene rings is 2.